The summed E-state index contributed by atoms with van der Waals surface area (Å²) < 4.78 is 0. The summed E-state index contributed by atoms with van der Waals surface area (Å²) in [6, 6.07) is 4.10. The summed E-state index contributed by atoms with van der Waals surface area (Å²) in [4.78, 5) is 25.6. The van der Waals surface area contributed by atoms with E-state index in [0.29, 0.717) is 13.0 Å². The predicted molar refractivity (Wildman–Crippen MR) is 93.4 cm³/mol. The third-order valence-corrected chi connectivity index (χ3v) is 5.89. The normalized spacial score (nSPS) is 24.4. The Balaban J connectivity index is 1.39. The highest BCUT2D eigenvalue weighted by Gasteiger charge is 2.47. The van der Waals surface area contributed by atoms with E-state index in [1.807, 2.05) is 30.3 Å². The van der Waals surface area contributed by atoms with Gasteiger partial charge >= 0.3 is 0 Å². The monoisotopic (exact) mass is 342 g/mol. The zero-order chi connectivity index (χ0) is 16.6. The van der Waals surface area contributed by atoms with Crippen molar-refractivity contribution in [3.8, 4) is 0 Å². The highest BCUT2D eigenvalue weighted by molar-refractivity contribution is 7.09. The van der Waals surface area contributed by atoms with Crippen LogP contribution in [0.4, 0.5) is 0 Å². The SMILES string of the molecule is Cc1nc(CN2C[C@@]3(CCN(Cc4cccnc4)C3)CC2=O)cs1. The van der Waals surface area contributed by atoms with Gasteiger partial charge in [0.2, 0.25) is 5.91 Å². The van der Waals surface area contributed by atoms with Crippen LogP contribution in [0, 0.1) is 12.3 Å². The summed E-state index contributed by atoms with van der Waals surface area (Å²) in [6.45, 7) is 6.52. The molecule has 6 heteroatoms. The minimum atomic E-state index is 0.129. The lowest BCUT2D eigenvalue weighted by atomic mass is 9.86. The number of amides is 1. The molecule has 2 aromatic rings. The number of hydrogen-bond acceptors (Lipinski definition) is 5. The molecule has 0 aromatic carbocycles. The topological polar surface area (TPSA) is 49.3 Å². The number of carbonyl (C=O) groups is 1. The maximum atomic E-state index is 12.5. The van der Waals surface area contributed by atoms with Gasteiger partial charge in [0.15, 0.2) is 0 Å². The molecule has 2 saturated heterocycles. The van der Waals surface area contributed by atoms with Crippen LogP contribution in [0.15, 0.2) is 29.9 Å². The van der Waals surface area contributed by atoms with Crippen LogP contribution in [-0.2, 0) is 17.9 Å². The highest BCUT2D eigenvalue weighted by Crippen LogP contribution is 2.41. The minimum absolute atomic E-state index is 0.129. The summed E-state index contributed by atoms with van der Waals surface area (Å²) in [5, 5.41) is 3.13. The molecular weight excluding hydrogens is 320 g/mol. The predicted octanol–water partition coefficient (Wildman–Crippen LogP) is 2.47. The molecule has 1 amide bonds. The third kappa shape index (κ3) is 3.21. The van der Waals surface area contributed by atoms with E-state index < -0.39 is 0 Å². The quantitative estimate of drug-likeness (QED) is 0.856. The van der Waals surface area contributed by atoms with E-state index in [9.17, 15) is 4.79 Å². The van der Waals surface area contributed by atoms with Gasteiger partial charge in [0.1, 0.15) is 0 Å². The van der Waals surface area contributed by atoms with Crippen LogP contribution in [0.3, 0.4) is 0 Å². The van der Waals surface area contributed by atoms with Gasteiger partial charge in [0.05, 0.1) is 17.2 Å². The number of nitrogens with zero attached hydrogens (tertiary/aromatic N) is 4. The molecule has 2 aliphatic rings. The second-order valence-electron chi connectivity index (χ2n) is 7.11. The first-order valence-corrected chi connectivity index (χ1v) is 9.30. The summed E-state index contributed by atoms with van der Waals surface area (Å²) in [5.74, 6) is 0.281. The molecule has 126 valence electrons. The van der Waals surface area contributed by atoms with Gasteiger partial charge in [-0.15, -0.1) is 11.3 Å². The summed E-state index contributed by atoms with van der Waals surface area (Å²) in [6.07, 6.45) is 5.52. The summed E-state index contributed by atoms with van der Waals surface area (Å²) >= 11 is 1.65. The fourth-order valence-electron chi connectivity index (χ4n) is 3.99. The molecule has 0 radical (unpaired) electrons. The van der Waals surface area contributed by atoms with Crippen LogP contribution in [0.25, 0.3) is 0 Å². The maximum Gasteiger partial charge on any atom is 0.223 e. The van der Waals surface area contributed by atoms with Crippen molar-refractivity contribution in [2.75, 3.05) is 19.6 Å². The van der Waals surface area contributed by atoms with Gasteiger partial charge in [-0.2, -0.15) is 0 Å². The standard InChI is InChI=1S/C18H22N4OS/c1-14-20-16(11-24-14)10-22-13-18(7-17(22)23)4-6-21(12-18)9-15-3-2-5-19-8-15/h2-3,5,8,11H,4,6-7,9-10,12-13H2,1H3/t18-/m0/s1. The van der Waals surface area contributed by atoms with Gasteiger partial charge in [-0.25, -0.2) is 4.98 Å². The molecule has 1 atom stereocenters. The van der Waals surface area contributed by atoms with Crippen LogP contribution < -0.4 is 0 Å². The summed E-state index contributed by atoms with van der Waals surface area (Å²) in [5.41, 5.74) is 2.39. The molecule has 1 spiro atoms. The fraction of sp³-hybridized carbons (Fsp3) is 0.500. The van der Waals surface area contributed by atoms with Gasteiger partial charge in [0, 0.05) is 49.2 Å². The van der Waals surface area contributed by atoms with Gasteiger partial charge in [-0.05, 0) is 31.5 Å². The fourth-order valence-corrected chi connectivity index (χ4v) is 4.59. The number of hydrogen-bond donors (Lipinski definition) is 0. The van der Waals surface area contributed by atoms with Gasteiger partial charge in [-0.3, -0.25) is 14.7 Å². The first kappa shape index (κ1) is 15.7. The Morgan fingerprint density at radius 3 is 3.00 bits per heavy atom. The number of carbonyl (C=O) groups excluding carboxylic acids is 1. The molecule has 0 bridgehead atoms. The van der Waals surface area contributed by atoms with Crippen molar-refractivity contribution in [2.45, 2.75) is 32.9 Å². The van der Waals surface area contributed by atoms with E-state index in [1.54, 1.807) is 11.3 Å². The van der Waals surface area contributed by atoms with Crippen molar-refractivity contribution in [1.29, 1.82) is 0 Å². The highest BCUT2D eigenvalue weighted by atomic mass is 32.1. The van der Waals surface area contributed by atoms with E-state index in [2.05, 4.69) is 26.3 Å². The molecule has 2 aromatic heterocycles. The third-order valence-electron chi connectivity index (χ3n) is 5.07. The first-order chi connectivity index (χ1) is 11.6. The van der Waals surface area contributed by atoms with Crippen molar-refractivity contribution in [2.24, 2.45) is 5.41 Å². The second kappa shape index (κ2) is 6.26. The van der Waals surface area contributed by atoms with Crippen LogP contribution in [0.1, 0.15) is 29.1 Å². The Morgan fingerprint density at radius 2 is 2.25 bits per heavy atom. The minimum Gasteiger partial charge on any atom is -0.336 e. The molecule has 4 rings (SSSR count). The number of aromatic nitrogens is 2. The van der Waals surface area contributed by atoms with Gasteiger partial charge < -0.3 is 4.90 Å². The Labute approximate surface area is 146 Å². The summed E-state index contributed by atoms with van der Waals surface area (Å²) in [7, 11) is 0. The number of likely N-dealkylation sites (tertiary alicyclic amines) is 2. The molecule has 0 aliphatic carbocycles. The number of rotatable bonds is 4. The van der Waals surface area contributed by atoms with E-state index in [-0.39, 0.29) is 11.3 Å². The lowest BCUT2D eigenvalue weighted by Gasteiger charge is -2.24. The van der Waals surface area contributed by atoms with Crippen LogP contribution in [0.5, 0.6) is 0 Å². The maximum absolute atomic E-state index is 12.5. The number of pyridine rings is 1. The largest absolute Gasteiger partial charge is 0.336 e. The van der Waals surface area contributed by atoms with Crippen molar-refractivity contribution in [3.05, 3.63) is 46.2 Å². The molecule has 4 heterocycles. The first-order valence-electron chi connectivity index (χ1n) is 8.42. The van der Waals surface area contributed by atoms with Crippen molar-refractivity contribution >= 4 is 17.2 Å². The van der Waals surface area contributed by atoms with Gasteiger partial charge in [0.25, 0.3) is 0 Å². The Bertz CT molecular complexity index is 732. The van der Waals surface area contributed by atoms with E-state index >= 15 is 0 Å². The number of thiazole rings is 1. The zero-order valence-electron chi connectivity index (χ0n) is 13.9. The molecule has 0 N–H and O–H groups in total. The number of aryl methyl sites for hydroxylation is 1. The van der Waals surface area contributed by atoms with Crippen molar-refractivity contribution in [1.82, 2.24) is 19.8 Å². The van der Waals surface area contributed by atoms with E-state index in [1.165, 1.54) is 5.56 Å². The smallest absolute Gasteiger partial charge is 0.223 e. The van der Waals surface area contributed by atoms with Crippen molar-refractivity contribution in [3.63, 3.8) is 0 Å². The molecule has 0 saturated carbocycles. The zero-order valence-corrected chi connectivity index (χ0v) is 14.8. The molecule has 0 unspecified atom stereocenters. The Morgan fingerprint density at radius 1 is 1.33 bits per heavy atom. The van der Waals surface area contributed by atoms with Gasteiger partial charge in [-0.1, -0.05) is 6.07 Å². The van der Waals surface area contributed by atoms with E-state index in [4.69, 9.17) is 0 Å². The average Bonchev–Trinajstić information content (AvgIpc) is 3.22. The lowest BCUT2D eigenvalue weighted by molar-refractivity contribution is -0.128. The average molecular weight is 342 g/mol. The Hall–Kier alpha value is -1.79. The van der Waals surface area contributed by atoms with Crippen LogP contribution in [-0.4, -0.2) is 45.3 Å². The Kier molecular flexibility index (Phi) is 4.10. The molecule has 24 heavy (non-hydrogen) atoms. The lowest BCUT2D eigenvalue weighted by Crippen LogP contribution is -2.31. The second-order valence-corrected chi connectivity index (χ2v) is 8.17. The van der Waals surface area contributed by atoms with Crippen LogP contribution in [0.2, 0.25) is 0 Å². The van der Waals surface area contributed by atoms with E-state index in [0.717, 1.165) is 43.3 Å². The van der Waals surface area contributed by atoms with Crippen molar-refractivity contribution < 1.29 is 4.79 Å². The molecule has 2 aliphatic heterocycles. The molecular formula is C18H22N4OS. The molecule has 2 fully saturated rings. The molecule has 5 nitrogen and oxygen atoms in total. The van der Waals surface area contributed by atoms with Crippen LogP contribution >= 0.6 is 11.3 Å².